The maximum atomic E-state index is 12.7. The number of aromatic nitrogens is 1. The van der Waals surface area contributed by atoms with Crippen LogP contribution in [0.25, 0.3) is 0 Å². The van der Waals surface area contributed by atoms with Crippen LogP contribution in [0.4, 0.5) is 18.9 Å². The number of alkyl halides is 3. The molecule has 2 aliphatic heterocycles. The molecule has 2 N–H and O–H groups in total. The second-order valence-electron chi connectivity index (χ2n) is 8.33. The molecule has 0 aromatic carbocycles. The topological polar surface area (TPSA) is 121 Å². The molecule has 1 saturated carbocycles. The number of aliphatic carboxylic acids is 1. The molecule has 2 amide bonds. The third kappa shape index (κ3) is 6.42. The second kappa shape index (κ2) is 10.2. The van der Waals surface area contributed by atoms with Gasteiger partial charge in [-0.05, 0) is 37.8 Å². The third-order valence-corrected chi connectivity index (χ3v) is 5.82. The highest BCUT2D eigenvalue weighted by Gasteiger charge is 2.46. The van der Waals surface area contributed by atoms with Crippen LogP contribution in [0, 0.1) is 5.92 Å². The van der Waals surface area contributed by atoms with Crippen molar-refractivity contribution in [3.05, 3.63) is 24.5 Å². The van der Waals surface area contributed by atoms with Crippen molar-refractivity contribution in [2.24, 2.45) is 11.1 Å². The van der Waals surface area contributed by atoms with Crippen LogP contribution in [0.5, 0.6) is 0 Å². The number of rotatable bonds is 3. The summed E-state index contributed by atoms with van der Waals surface area (Å²) in [6.07, 6.45) is 4.58. The number of likely N-dealkylation sites (tertiary alicyclic amines) is 1. The summed E-state index contributed by atoms with van der Waals surface area (Å²) in [6.45, 7) is 1.30. The second-order valence-corrected chi connectivity index (χ2v) is 8.33. The molecular formula is C21H25F3N4O5. The van der Waals surface area contributed by atoms with E-state index < -0.39 is 17.7 Å². The lowest BCUT2D eigenvalue weighted by atomic mass is 9.87. The van der Waals surface area contributed by atoms with Gasteiger partial charge in [-0.15, -0.1) is 0 Å². The van der Waals surface area contributed by atoms with E-state index in [0.29, 0.717) is 24.4 Å². The summed E-state index contributed by atoms with van der Waals surface area (Å²) in [5, 5.41) is 14.0. The van der Waals surface area contributed by atoms with Crippen molar-refractivity contribution in [1.29, 1.82) is 0 Å². The summed E-state index contributed by atoms with van der Waals surface area (Å²) in [5.41, 5.74) is 0.459. The standard InChI is InChI=1S/C19H24N4O3.C2HF3O2/c24-17(21-15-7-3-9-20-12-15)16-11-19(26-22-16)8-4-10-23(13-19)18(25)14-5-1-2-6-14;3-2(4,5)1(6)7/h3,7,9,12,14H,1-2,4-6,8,10-11,13H2,(H,21,24);(H,6,7). The molecule has 2 fully saturated rings. The van der Waals surface area contributed by atoms with Gasteiger partial charge in [0.05, 0.1) is 18.4 Å². The Kier molecular flexibility index (Phi) is 7.54. The first-order chi connectivity index (χ1) is 15.6. The lowest BCUT2D eigenvalue weighted by Gasteiger charge is -2.39. The van der Waals surface area contributed by atoms with E-state index in [2.05, 4.69) is 15.5 Å². The average Bonchev–Trinajstić information content (AvgIpc) is 3.45. The number of carbonyl (C=O) groups excluding carboxylic acids is 2. The number of carboxylic acid groups (broad SMARTS) is 1. The van der Waals surface area contributed by atoms with E-state index in [-0.39, 0.29) is 17.7 Å². The molecule has 1 unspecified atom stereocenters. The van der Waals surface area contributed by atoms with Crippen LogP contribution in [0.2, 0.25) is 0 Å². The Morgan fingerprint density at radius 1 is 1.21 bits per heavy atom. The van der Waals surface area contributed by atoms with Crippen LogP contribution in [0.15, 0.2) is 29.7 Å². The van der Waals surface area contributed by atoms with Crippen molar-refractivity contribution >= 4 is 29.2 Å². The van der Waals surface area contributed by atoms with Crippen LogP contribution in [-0.2, 0) is 19.2 Å². The molecule has 1 atom stereocenters. The number of carbonyl (C=O) groups is 3. The minimum atomic E-state index is -5.08. The highest BCUT2D eigenvalue weighted by atomic mass is 19.4. The van der Waals surface area contributed by atoms with Crippen molar-refractivity contribution < 1.29 is 37.5 Å². The van der Waals surface area contributed by atoms with Gasteiger partial charge in [0.15, 0.2) is 5.60 Å². The van der Waals surface area contributed by atoms with E-state index in [1.54, 1.807) is 24.5 Å². The first-order valence-electron chi connectivity index (χ1n) is 10.6. The number of piperidine rings is 1. The van der Waals surface area contributed by atoms with E-state index in [9.17, 15) is 22.8 Å². The van der Waals surface area contributed by atoms with E-state index in [4.69, 9.17) is 14.7 Å². The largest absolute Gasteiger partial charge is 0.490 e. The van der Waals surface area contributed by atoms with Gasteiger partial charge in [-0.2, -0.15) is 13.2 Å². The molecule has 1 aliphatic carbocycles. The zero-order valence-electron chi connectivity index (χ0n) is 17.8. The molecule has 180 valence electrons. The summed E-state index contributed by atoms with van der Waals surface area (Å²) in [4.78, 5) is 45.7. The molecular weight excluding hydrogens is 445 g/mol. The fraction of sp³-hybridized carbons (Fsp3) is 0.571. The summed E-state index contributed by atoms with van der Waals surface area (Å²) in [5.74, 6) is -2.61. The number of halogens is 3. The number of amides is 2. The molecule has 1 saturated heterocycles. The van der Waals surface area contributed by atoms with E-state index in [1.807, 2.05) is 4.90 Å². The van der Waals surface area contributed by atoms with E-state index in [0.717, 1.165) is 45.1 Å². The van der Waals surface area contributed by atoms with Crippen LogP contribution in [-0.4, -0.2) is 63.4 Å². The predicted octanol–water partition coefficient (Wildman–Crippen LogP) is 2.98. The van der Waals surface area contributed by atoms with Gasteiger partial charge in [0.25, 0.3) is 5.91 Å². The summed E-state index contributed by atoms with van der Waals surface area (Å²) < 4.78 is 31.7. The normalized spacial score (nSPS) is 22.8. The number of hydrogen-bond donors (Lipinski definition) is 2. The van der Waals surface area contributed by atoms with Crippen molar-refractivity contribution in [1.82, 2.24) is 9.88 Å². The zero-order chi connectivity index (χ0) is 24.1. The molecule has 0 radical (unpaired) electrons. The third-order valence-electron chi connectivity index (χ3n) is 5.82. The number of carboxylic acids is 1. The zero-order valence-corrected chi connectivity index (χ0v) is 17.8. The number of hydrogen-bond acceptors (Lipinski definition) is 6. The van der Waals surface area contributed by atoms with Crippen LogP contribution >= 0.6 is 0 Å². The van der Waals surface area contributed by atoms with Gasteiger partial charge in [-0.25, -0.2) is 4.79 Å². The molecule has 1 aromatic rings. The Labute approximate surface area is 188 Å². The quantitative estimate of drug-likeness (QED) is 0.701. The predicted molar refractivity (Wildman–Crippen MR) is 110 cm³/mol. The summed E-state index contributed by atoms with van der Waals surface area (Å²) in [7, 11) is 0. The Morgan fingerprint density at radius 3 is 2.52 bits per heavy atom. The molecule has 4 rings (SSSR count). The molecule has 3 aliphatic rings. The van der Waals surface area contributed by atoms with Gasteiger partial charge in [0, 0.05) is 25.1 Å². The first kappa shape index (κ1) is 24.5. The van der Waals surface area contributed by atoms with Crippen LogP contribution in [0.3, 0.4) is 0 Å². The fourth-order valence-corrected chi connectivity index (χ4v) is 4.22. The van der Waals surface area contributed by atoms with E-state index in [1.165, 1.54) is 0 Å². The SMILES string of the molecule is O=C(Nc1cccnc1)C1=NOC2(CCCN(C(=O)C3CCCC3)C2)C1.O=C(O)C(F)(F)F. The Balaban J connectivity index is 0.000000383. The molecule has 1 aromatic heterocycles. The number of anilines is 1. The van der Waals surface area contributed by atoms with Crippen LogP contribution < -0.4 is 5.32 Å². The van der Waals surface area contributed by atoms with Gasteiger partial charge in [-0.1, -0.05) is 18.0 Å². The van der Waals surface area contributed by atoms with Crippen LogP contribution in [0.1, 0.15) is 44.9 Å². The van der Waals surface area contributed by atoms with Crippen molar-refractivity contribution in [2.75, 3.05) is 18.4 Å². The Hall–Kier alpha value is -3.18. The molecule has 12 heteroatoms. The number of oxime groups is 1. The highest BCUT2D eigenvalue weighted by Crippen LogP contribution is 2.35. The van der Waals surface area contributed by atoms with Crippen molar-refractivity contribution in [2.45, 2.75) is 56.7 Å². The Bertz CT molecular complexity index is 903. The highest BCUT2D eigenvalue weighted by molar-refractivity contribution is 6.43. The van der Waals surface area contributed by atoms with Gasteiger partial charge in [0.2, 0.25) is 5.91 Å². The van der Waals surface area contributed by atoms with Gasteiger partial charge in [0.1, 0.15) is 5.71 Å². The Morgan fingerprint density at radius 2 is 1.91 bits per heavy atom. The number of nitrogens with one attached hydrogen (secondary N) is 1. The number of pyridine rings is 1. The molecule has 3 heterocycles. The minimum absolute atomic E-state index is 0.167. The van der Waals surface area contributed by atoms with Gasteiger partial charge >= 0.3 is 12.1 Å². The number of nitrogens with zero attached hydrogens (tertiary/aromatic N) is 3. The van der Waals surface area contributed by atoms with Gasteiger partial charge in [-0.3, -0.25) is 14.6 Å². The van der Waals surface area contributed by atoms with Gasteiger partial charge < -0.3 is 20.2 Å². The van der Waals surface area contributed by atoms with Crippen molar-refractivity contribution in [3.63, 3.8) is 0 Å². The smallest absolute Gasteiger partial charge is 0.475 e. The van der Waals surface area contributed by atoms with E-state index >= 15 is 0 Å². The first-order valence-corrected chi connectivity index (χ1v) is 10.6. The molecule has 9 nitrogen and oxygen atoms in total. The molecule has 0 bridgehead atoms. The monoisotopic (exact) mass is 470 g/mol. The fourth-order valence-electron chi connectivity index (χ4n) is 4.22. The lowest BCUT2D eigenvalue weighted by Crippen LogP contribution is -2.52. The minimum Gasteiger partial charge on any atom is -0.475 e. The lowest BCUT2D eigenvalue weighted by molar-refractivity contribution is -0.192. The average molecular weight is 470 g/mol. The maximum Gasteiger partial charge on any atom is 0.490 e. The molecule has 33 heavy (non-hydrogen) atoms. The molecule has 1 spiro atoms. The maximum absolute atomic E-state index is 12.7. The van der Waals surface area contributed by atoms with Crippen molar-refractivity contribution in [3.8, 4) is 0 Å². The summed E-state index contributed by atoms with van der Waals surface area (Å²) in [6, 6.07) is 3.54. The summed E-state index contributed by atoms with van der Waals surface area (Å²) >= 11 is 0.